The van der Waals surface area contributed by atoms with Crippen molar-refractivity contribution in [1.29, 1.82) is 0 Å². The van der Waals surface area contributed by atoms with E-state index in [4.69, 9.17) is 9.84 Å². The summed E-state index contributed by atoms with van der Waals surface area (Å²) in [5.41, 5.74) is 0.301. The fourth-order valence-electron chi connectivity index (χ4n) is 2.01. The van der Waals surface area contributed by atoms with Crippen LogP contribution >= 0.6 is 0 Å². The van der Waals surface area contributed by atoms with E-state index in [0.717, 1.165) is 12.8 Å². The Morgan fingerprint density at radius 3 is 2.38 bits per heavy atom. The molecular weight excluding hydrogens is 166 g/mol. The Morgan fingerprint density at radius 1 is 1.38 bits per heavy atom. The van der Waals surface area contributed by atoms with Gasteiger partial charge >= 0.3 is 0 Å². The highest BCUT2D eigenvalue weighted by molar-refractivity contribution is 5.09. The first-order chi connectivity index (χ1) is 5.98. The number of ether oxygens (including phenoxy) is 1. The van der Waals surface area contributed by atoms with E-state index in [2.05, 4.69) is 26.1 Å². The molecule has 13 heavy (non-hydrogen) atoms. The Balaban J connectivity index is 1.70. The van der Waals surface area contributed by atoms with Gasteiger partial charge in [-0.3, -0.25) is 0 Å². The minimum atomic E-state index is -0.0326. The SMILES string of the molecule is CC1(C)NC1CC[C@]1(C)OC1CO. The van der Waals surface area contributed by atoms with Gasteiger partial charge in [0, 0.05) is 11.6 Å². The van der Waals surface area contributed by atoms with E-state index in [9.17, 15) is 0 Å². The molecule has 2 unspecified atom stereocenters. The third-order valence-corrected chi connectivity index (χ3v) is 3.46. The van der Waals surface area contributed by atoms with Gasteiger partial charge in [-0.25, -0.2) is 0 Å². The largest absolute Gasteiger partial charge is 0.394 e. The minimum Gasteiger partial charge on any atom is -0.394 e. The summed E-state index contributed by atoms with van der Waals surface area (Å²) >= 11 is 0. The molecule has 2 N–H and O–H groups in total. The smallest absolute Gasteiger partial charge is 0.110 e. The zero-order valence-electron chi connectivity index (χ0n) is 8.63. The van der Waals surface area contributed by atoms with Crippen molar-refractivity contribution in [2.24, 2.45) is 0 Å². The summed E-state index contributed by atoms with van der Waals surface area (Å²) in [6.07, 6.45) is 2.30. The van der Waals surface area contributed by atoms with Crippen LogP contribution < -0.4 is 5.32 Å². The summed E-state index contributed by atoms with van der Waals surface area (Å²) in [7, 11) is 0. The van der Waals surface area contributed by atoms with Crippen LogP contribution in [0.2, 0.25) is 0 Å². The molecule has 0 bridgehead atoms. The van der Waals surface area contributed by atoms with Crippen molar-refractivity contribution in [1.82, 2.24) is 5.32 Å². The van der Waals surface area contributed by atoms with Gasteiger partial charge in [0.25, 0.3) is 0 Å². The van der Waals surface area contributed by atoms with Gasteiger partial charge in [0.05, 0.1) is 12.2 Å². The fraction of sp³-hybridized carbons (Fsp3) is 1.00. The van der Waals surface area contributed by atoms with Crippen molar-refractivity contribution < 1.29 is 9.84 Å². The Bertz CT molecular complexity index is 217. The van der Waals surface area contributed by atoms with Gasteiger partial charge in [-0.05, 0) is 33.6 Å². The highest BCUT2D eigenvalue weighted by atomic mass is 16.6. The Hall–Kier alpha value is -0.120. The summed E-state index contributed by atoms with van der Waals surface area (Å²) in [4.78, 5) is 0. The van der Waals surface area contributed by atoms with Crippen molar-refractivity contribution in [3.05, 3.63) is 0 Å². The highest BCUT2D eigenvalue weighted by Gasteiger charge is 2.53. The van der Waals surface area contributed by atoms with Crippen LogP contribution in [-0.2, 0) is 4.74 Å². The lowest BCUT2D eigenvalue weighted by atomic mass is 9.97. The molecule has 2 aliphatic heterocycles. The molecule has 3 atom stereocenters. The van der Waals surface area contributed by atoms with E-state index < -0.39 is 0 Å². The van der Waals surface area contributed by atoms with E-state index in [1.54, 1.807) is 0 Å². The molecule has 2 fully saturated rings. The molecular formula is C10H19NO2. The van der Waals surface area contributed by atoms with E-state index >= 15 is 0 Å². The number of aliphatic hydroxyl groups excluding tert-OH is 1. The second kappa shape index (κ2) is 2.69. The Morgan fingerprint density at radius 2 is 2.00 bits per heavy atom. The Labute approximate surface area is 79.5 Å². The zero-order valence-corrected chi connectivity index (χ0v) is 8.63. The summed E-state index contributed by atoms with van der Waals surface area (Å²) < 4.78 is 5.42. The molecule has 3 nitrogen and oxygen atoms in total. The van der Waals surface area contributed by atoms with E-state index in [-0.39, 0.29) is 18.3 Å². The number of epoxide rings is 1. The molecule has 0 radical (unpaired) electrons. The standard InChI is InChI=1S/C10H19NO2/c1-9(2)7(11-9)4-5-10(3)8(6-12)13-10/h7-8,11-12H,4-6H2,1-3H3/t7?,8?,10-/m0/s1. The average molecular weight is 185 g/mol. The van der Waals surface area contributed by atoms with Gasteiger partial charge in [0.2, 0.25) is 0 Å². The van der Waals surface area contributed by atoms with Crippen molar-refractivity contribution >= 4 is 0 Å². The summed E-state index contributed by atoms with van der Waals surface area (Å²) in [6, 6.07) is 0.646. The van der Waals surface area contributed by atoms with Crippen LogP contribution in [-0.4, -0.2) is 35.0 Å². The van der Waals surface area contributed by atoms with E-state index in [1.807, 2.05) is 0 Å². The minimum absolute atomic E-state index is 0.0326. The lowest BCUT2D eigenvalue weighted by Crippen LogP contribution is -2.14. The molecule has 0 amide bonds. The second-order valence-corrected chi connectivity index (χ2v) is 5.06. The summed E-state index contributed by atoms with van der Waals surface area (Å²) in [5, 5.41) is 12.3. The lowest BCUT2D eigenvalue weighted by molar-refractivity contribution is 0.234. The average Bonchev–Trinajstić information content (AvgIpc) is 2.87. The molecule has 0 aromatic rings. The van der Waals surface area contributed by atoms with Gasteiger partial charge < -0.3 is 15.2 Å². The number of aliphatic hydroxyl groups is 1. The van der Waals surface area contributed by atoms with Crippen molar-refractivity contribution in [2.45, 2.75) is 56.9 Å². The highest BCUT2D eigenvalue weighted by Crippen LogP contribution is 2.42. The van der Waals surface area contributed by atoms with Crippen LogP contribution in [0.4, 0.5) is 0 Å². The van der Waals surface area contributed by atoms with Gasteiger partial charge in [-0.2, -0.15) is 0 Å². The summed E-state index contributed by atoms with van der Waals surface area (Å²) in [5.74, 6) is 0. The van der Waals surface area contributed by atoms with E-state index in [0.29, 0.717) is 11.6 Å². The predicted octanol–water partition coefficient (Wildman–Crippen LogP) is 0.667. The first-order valence-corrected chi connectivity index (χ1v) is 5.04. The number of nitrogens with one attached hydrogen (secondary N) is 1. The summed E-state index contributed by atoms with van der Waals surface area (Å²) in [6.45, 7) is 6.69. The molecule has 2 rings (SSSR count). The van der Waals surface area contributed by atoms with Gasteiger partial charge in [0.1, 0.15) is 6.10 Å². The van der Waals surface area contributed by atoms with Crippen molar-refractivity contribution in [3.63, 3.8) is 0 Å². The second-order valence-electron chi connectivity index (χ2n) is 5.06. The quantitative estimate of drug-likeness (QED) is 0.633. The molecule has 2 aliphatic rings. The third kappa shape index (κ3) is 1.73. The van der Waals surface area contributed by atoms with Crippen molar-refractivity contribution in [2.75, 3.05) is 6.61 Å². The molecule has 0 aromatic carbocycles. The molecule has 0 aliphatic carbocycles. The van der Waals surface area contributed by atoms with Crippen LogP contribution in [0.1, 0.15) is 33.6 Å². The number of hydrogen-bond donors (Lipinski definition) is 2. The van der Waals surface area contributed by atoms with E-state index in [1.165, 1.54) is 0 Å². The van der Waals surface area contributed by atoms with Gasteiger partial charge in [0.15, 0.2) is 0 Å². The third-order valence-electron chi connectivity index (χ3n) is 3.46. The monoisotopic (exact) mass is 185 g/mol. The normalized spacial score (nSPS) is 46.2. The van der Waals surface area contributed by atoms with Crippen LogP contribution in [0.5, 0.6) is 0 Å². The first-order valence-electron chi connectivity index (χ1n) is 5.04. The fourth-order valence-corrected chi connectivity index (χ4v) is 2.01. The van der Waals surface area contributed by atoms with Crippen LogP contribution in [0.3, 0.4) is 0 Å². The van der Waals surface area contributed by atoms with Crippen LogP contribution in [0.15, 0.2) is 0 Å². The number of hydrogen-bond acceptors (Lipinski definition) is 3. The zero-order chi connectivity index (χ0) is 9.69. The van der Waals surface area contributed by atoms with Crippen molar-refractivity contribution in [3.8, 4) is 0 Å². The Kier molecular flexibility index (Phi) is 1.95. The van der Waals surface area contributed by atoms with Gasteiger partial charge in [-0.1, -0.05) is 0 Å². The molecule has 76 valence electrons. The maximum atomic E-state index is 8.88. The van der Waals surface area contributed by atoms with Gasteiger partial charge in [-0.15, -0.1) is 0 Å². The molecule has 2 heterocycles. The topological polar surface area (TPSA) is 54.7 Å². The maximum absolute atomic E-state index is 8.88. The molecule has 3 heteroatoms. The van der Waals surface area contributed by atoms with Crippen LogP contribution in [0, 0.1) is 0 Å². The first kappa shape index (κ1) is 9.44. The lowest BCUT2D eigenvalue weighted by Gasteiger charge is -2.05. The van der Waals surface area contributed by atoms with Crippen LogP contribution in [0.25, 0.3) is 0 Å². The molecule has 0 spiro atoms. The maximum Gasteiger partial charge on any atom is 0.110 e. The molecule has 2 saturated heterocycles. The predicted molar refractivity (Wildman–Crippen MR) is 50.6 cm³/mol. The molecule has 0 aromatic heterocycles. The number of rotatable bonds is 4. The molecule has 0 saturated carbocycles.